The lowest BCUT2D eigenvalue weighted by atomic mass is 9.91. The van der Waals surface area contributed by atoms with Crippen LogP contribution in [-0.4, -0.2) is 35.1 Å². The van der Waals surface area contributed by atoms with Gasteiger partial charge in [-0.2, -0.15) is 0 Å². The van der Waals surface area contributed by atoms with Crippen LogP contribution in [0, 0.1) is 17.6 Å². The van der Waals surface area contributed by atoms with Crippen LogP contribution in [0.15, 0.2) is 30.6 Å². The van der Waals surface area contributed by atoms with E-state index in [-0.39, 0.29) is 0 Å². The smallest absolute Gasteiger partial charge is 0.153 e. The number of halogens is 2. The van der Waals surface area contributed by atoms with Crippen molar-refractivity contribution in [3.05, 3.63) is 59.2 Å². The van der Waals surface area contributed by atoms with Crippen molar-refractivity contribution >= 4 is 0 Å². The number of aromatic nitrogens is 2. The van der Waals surface area contributed by atoms with Crippen LogP contribution in [0.2, 0.25) is 0 Å². The zero-order valence-corrected chi connectivity index (χ0v) is 15.1. The van der Waals surface area contributed by atoms with E-state index in [1.807, 2.05) is 12.4 Å². The second-order valence-electron chi connectivity index (χ2n) is 6.96. The molecule has 6 heteroatoms. The van der Waals surface area contributed by atoms with Crippen molar-refractivity contribution in [2.45, 2.75) is 38.8 Å². The van der Waals surface area contributed by atoms with Gasteiger partial charge in [0.15, 0.2) is 5.82 Å². The molecule has 1 aliphatic heterocycles. The molecule has 1 saturated heterocycles. The summed E-state index contributed by atoms with van der Waals surface area (Å²) in [7, 11) is 1.63. The molecule has 0 N–H and O–H groups in total. The summed E-state index contributed by atoms with van der Waals surface area (Å²) in [6.07, 6.45) is 7.58. The summed E-state index contributed by atoms with van der Waals surface area (Å²) in [6.45, 7) is 3.30. The molecule has 0 bridgehead atoms. The first-order valence-corrected chi connectivity index (χ1v) is 9.09. The maximum Gasteiger partial charge on any atom is 0.153 e. The van der Waals surface area contributed by atoms with Crippen LogP contribution in [0.4, 0.5) is 8.78 Å². The van der Waals surface area contributed by atoms with E-state index in [1.54, 1.807) is 13.2 Å². The van der Waals surface area contributed by atoms with Crippen LogP contribution in [0.3, 0.4) is 0 Å². The molecule has 26 heavy (non-hydrogen) atoms. The van der Waals surface area contributed by atoms with Crippen molar-refractivity contribution in [2.75, 3.05) is 20.2 Å². The van der Waals surface area contributed by atoms with E-state index in [0.717, 1.165) is 50.5 Å². The number of methoxy groups -OCH3 is 1. The summed E-state index contributed by atoms with van der Waals surface area (Å²) >= 11 is 0. The van der Waals surface area contributed by atoms with E-state index in [0.29, 0.717) is 30.3 Å². The largest absolute Gasteiger partial charge is 0.377 e. The van der Waals surface area contributed by atoms with Gasteiger partial charge in [0.05, 0.1) is 0 Å². The van der Waals surface area contributed by atoms with Crippen molar-refractivity contribution in [1.82, 2.24) is 14.9 Å². The van der Waals surface area contributed by atoms with Gasteiger partial charge in [-0.3, -0.25) is 4.90 Å². The quantitative estimate of drug-likeness (QED) is 0.753. The number of likely N-dealkylation sites (tertiary alicyclic amines) is 1. The predicted octanol–water partition coefficient (Wildman–Crippen LogP) is 3.75. The van der Waals surface area contributed by atoms with Crippen LogP contribution in [0.25, 0.3) is 0 Å². The van der Waals surface area contributed by atoms with E-state index in [9.17, 15) is 8.78 Å². The third-order valence-electron chi connectivity index (χ3n) is 4.88. The second-order valence-corrected chi connectivity index (χ2v) is 6.96. The number of hydrogen-bond donors (Lipinski definition) is 0. The normalized spacial score (nSPS) is 18.2. The molecule has 2 heterocycles. The zero-order valence-electron chi connectivity index (χ0n) is 15.1. The number of aryl methyl sites for hydroxylation is 1. The van der Waals surface area contributed by atoms with E-state index < -0.39 is 11.6 Å². The van der Waals surface area contributed by atoms with Gasteiger partial charge in [-0.25, -0.2) is 18.7 Å². The van der Waals surface area contributed by atoms with Crippen LogP contribution in [-0.2, 0) is 24.3 Å². The van der Waals surface area contributed by atoms with Gasteiger partial charge in [-0.1, -0.05) is 6.07 Å². The highest BCUT2D eigenvalue weighted by Gasteiger charge is 2.20. The van der Waals surface area contributed by atoms with Crippen LogP contribution < -0.4 is 0 Å². The number of piperidine rings is 1. The first kappa shape index (κ1) is 18.9. The standard InChI is InChI=1S/C20H25F2N3O/c1-26-14-20-23-10-16(11-24-20)13-25-8-2-3-15(12-25)4-5-17-6-7-18(21)9-19(17)22/h6-7,9-11,15H,2-5,8,12-14H2,1H3/t15-/m1/s1. The molecule has 2 aromatic rings. The fourth-order valence-corrected chi connectivity index (χ4v) is 3.54. The van der Waals surface area contributed by atoms with Crippen molar-refractivity contribution in [1.29, 1.82) is 0 Å². The Bertz CT molecular complexity index is 709. The van der Waals surface area contributed by atoms with Gasteiger partial charge in [-0.05, 0) is 49.8 Å². The molecular weight excluding hydrogens is 336 g/mol. The van der Waals surface area contributed by atoms with Crippen LogP contribution in [0.1, 0.15) is 36.2 Å². The Morgan fingerprint density at radius 3 is 2.77 bits per heavy atom. The molecule has 3 rings (SSSR count). The summed E-state index contributed by atoms with van der Waals surface area (Å²) in [5.74, 6) is 0.260. The van der Waals surface area contributed by atoms with E-state index in [4.69, 9.17) is 4.74 Å². The summed E-state index contributed by atoms with van der Waals surface area (Å²) < 4.78 is 31.8. The monoisotopic (exact) mass is 361 g/mol. The Labute approximate surface area is 153 Å². The van der Waals surface area contributed by atoms with Gasteiger partial charge in [0, 0.05) is 44.2 Å². The lowest BCUT2D eigenvalue weighted by molar-refractivity contribution is 0.161. The number of rotatable bonds is 7. The third kappa shape index (κ3) is 5.29. The maximum absolute atomic E-state index is 13.8. The Kier molecular flexibility index (Phi) is 6.63. The summed E-state index contributed by atoms with van der Waals surface area (Å²) in [6, 6.07) is 3.86. The SMILES string of the molecule is COCc1ncc(CN2CCC[C@H](CCc3ccc(F)cc3F)C2)cn1. The summed E-state index contributed by atoms with van der Waals surface area (Å²) in [4.78, 5) is 11.0. The highest BCUT2D eigenvalue weighted by atomic mass is 19.1. The van der Waals surface area contributed by atoms with E-state index in [2.05, 4.69) is 14.9 Å². The molecule has 140 valence electrons. The van der Waals surface area contributed by atoms with Crippen LogP contribution >= 0.6 is 0 Å². The molecule has 1 aromatic heterocycles. The average molecular weight is 361 g/mol. The number of hydrogen-bond acceptors (Lipinski definition) is 4. The molecule has 0 saturated carbocycles. The Hall–Kier alpha value is -1.92. The summed E-state index contributed by atoms with van der Waals surface area (Å²) in [5, 5.41) is 0. The van der Waals surface area contributed by atoms with Gasteiger partial charge in [0.25, 0.3) is 0 Å². The molecule has 4 nitrogen and oxygen atoms in total. The molecule has 0 aliphatic carbocycles. The topological polar surface area (TPSA) is 38.2 Å². The fraction of sp³-hybridized carbons (Fsp3) is 0.500. The highest BCUT2D eigenvalue weighted by molar-refractivity contribution is 5.18. The van der Waals surface area contributed by atoms with Crippen LogP contribution in [0.5, 0.6) is 0 Å². The van der Waals surface area contributed by atoms with E-state index >= 15 is 0 Å². The molecule has 0 spiro atoms. The second kappa shape index (κ2) is 9.14. The minimum Gasteiger partial charge on any atom is -0.377 e. The Morgan fingerprint density at radius 1 is 1.23 bits per heavy atom. The minimum absolute atomic E-state index is 0.423. The van der Waals surface area contributed by atoms with Gasteiger partial charge in [0.2, 0.25) is 0 Å². The molecule has 0 unspecified atom stereocenters. The van der Waals surface area contributed by atoms with Crippen molar-refractivity contribution < 1.29 is 13.5 Å². The zero-order chi connectivity index (χ0) is 18.4. The third-order valence-corrected chi connectivity index (χ3v) is 4.88. The van der Waals surface area contributed by atoms with Gasteiger partial charge in [-0.15, -0.1) is 0 Å². The van der Waals surface area contributed by atoms with E-state index in [1.165, 1.54) is 6.07 Å². The molecule has 1 atom stereocenters. The Balaban J connectivity index is 1.50. The Morgan fingerprint density at radius 2 is 2.04 bits per heavy atom. The lowest BCUT2D eigenvalue weighted by Gasteiger charge is -2.32. The molecule has 1 aromatic carbocycles. The number of nitrogens with zero attached hydrogens (tertiary/aromatic N) is 3. The highest BCUT2D eigenvalue weighted by Crippen LogP contribution is 2.23. The fourth-order valence-electron chi connectivity index (χ4n) is 3.54. The van der Waals surface area contributed by atoms with Gasteiger partial charge in [0.1, 0.15) is 18.2 Å². The lowest BCUT2D eigenvalue weighted by Crippen LogP contribution is -2.35. The predicted molar refractivity (Wildman–Crippen MR) is 95.4 cm³/mol. The molecule has 1 fully saturated rings. The minimum atomic E-state index is -0.520. The van der Waals surface area contributed by atoms with Gasteiger partial charge < -0.3 is 4.74 Å². The first-order chi connectivity index (χ1) is 12.6. The van der Waals surface area contributed by atoms with Crippen molar-refractivity contribution in [2.24, 2.45) is 5.92 Å². The number of ether oxygens (including phenoxy) is 1. The average Bonchev–Trinajstić information content (AvgIpc) is 2.63. The van der Waals surface area contributed by atoms with Gasteiger partial charge >= 0.3 is 0 Å². The first-order valence-electron chi connectivity index (χ1n) is 9.09. The van der Waals surface area contributed by atoms with Crippen molar-refractivity contribution in [3.8, 4) is 0 Å². The molecule has 0 amide bonds. The molecule has 0 radical (unpaired) electrons. The summed E-state index contributed by atoms with van der Waals surface area (Å²) in [5.41, 5.74) is 1.70. The van der Waals surface area contributed by atoms with Crippen molar-refractivity contribution in [3.63, 3.8) is 0 Å². The number of benzene rings is 1. The molecular formula is C20H25F2N3O. The molecule has 1 aliphatic rings. The maximum atomic E-state index is 13.8.